The second kappa shape index (κ2) is 10.1. The third kappa shape index (κ3) is 5.13. The highest BCUT2D eigenvalue weighted by molar-refractivity contribution is 5.88. The molecule has 1 amide bonds. The van der Waals surface area contributed by atoms with Crippen molar-refractivity contribution in [3.05, 3.63) is 36.0 Å². The van der Waals surface area contributed by atoms with E-state index in [4.69, 9.17) is 15.2 Å². The van der Waals surface area contributed by atoms with Gasteiger partial charge in [-0.2, -0.15) is 0 Å². The van der Waals surface area contributed by atoms with Gasteiger partial charge in [-0.1, -0.05) is 18.2 Å². The molecule has 2 heterocycles. The molecule has 1 aromatic heterocycles. The molecule has 1 aromatic carbocycles. The highest BCUT2D eigenvalue weighted by Crippen LogP contribution is 2.23. The summed E-state index contributed by atoms with van der Waals surface area (Å²) >= 11 is 0. The number of nitrogens with one attached hydrogen (secondary N) is 2. The molecule has 0 bridgehead atoms. The molecule has 1 unspecified atom stereocenters. The Labute approximate surface area is 168 Å². The highest BCUT2D eigenvalue weighted by atomic mass is 16.6. The molecule has 7 N–H and O–H groups in total. The number of amides is 1. The molecule has 160 valence electrons. The first-order valence-corrected chi connectivity index (χ1v) is 9.83. The number of unbranched alkanes of at least 4 members (excludes halogenated alkanes) is 1. The molecule has 1 fully saturated rings. The number of fused-ring (bicyclic) bond motifs is 1. The van der Waals surface area contributed by atoms with Gasteiger partial charge in [-0.3, -0.25) is 4.79 Å². The van der Waals surface area contributed by atoms with Gasteiger partial charge < -0.3 is 40.8 Å². The van der Waals surface area contributed by atoms with Crippen molar-refractivity contribution in [3.8, 4) is 0 Å². The summed E-state index contributed by atoms with van der Waals surface area (Å²) in [5, 5.41) is 33.9. The van der Waals surface area contributed by atoms with Gasteiger partial charge in [0.1, 0.15) is 24.4 Å². The number of benzene rings is 1. The topological polar surface area (TPSA) is 150 Å². The number of carbonyl (C=O) groups is 1. The van der Waals surface area contributed by atoms with Crippen LogP contribution in [0, 0.1) is 0 Å². The van der Waals surface area contributed by atoms with Gasteiger partial charge in [-0.05, 0) is 31.0 Å². The van der Waals surface area contributed by atoms with Crippen LogP contribution in [-0.2, 0) is 20.7 Å². The van der Waals surface area contributed by atoms with Crippen molar-refractivity contribution >= 4 is 16.8 Å². The minimum atomic E-state index is -1.41. The number of carbonyl (C=O) groups excluding carboxylic acids is 1. The Morgan fingerprint density at radius 2 is 2.07 bits per heavy atom. The number of aromatic nitrogens is 1. The molecule has 1 saturated heterocycles. The predicted molar refractivity (Wildman–Crippen MR) is 106 cm³/mol. The van der Waals surface area contributed by atoms with Gasteiger partial charge in [-0.25, -0.2) is 0 Å². The summed E-state index contributed by atoms with van der Waals surface area (Å²) in [4.78, 5) is 15.8. The van der Waals surface area contributed by atoms with Gasteiger partial charge >= 0.3 is 0 Å². The van der Waals surface area contributed by atoms with Crippen molar-refractivity contribution in [3.63, 3.8) is 0 Å². The Balaban J connectivity index is 1.68. The van der Waals surface area contributed by atoms with Gasteiger partial charge in [0.15, 0.2) is 6.29 Å². The average Bonchev–Trinajstić information content (AvgIpc) is 3.12. The van der Waals surface area contributed by atoms with E-state index in [1.165, 1.54) is 0 Å². The molecule has 0 saturated carbocycles. The molecule has 9 heteroatoms. The normalized spacial score (nSPS) is 27.2. The lowest BCUT2D eigenvalue weighted by Crippen LogP contribution is -2.65. The lowest BCUT2D eigenvalue weighted by molar-refractivity contribution is -0.262. The van der Waals surface area contributed by atoms with Crippen molar-refractivity contribution in [1.82, 2.24) is 10.3 Å². The summed E-state index contributed by atoms with van der Waals surface area (Å²) in [5.74, 6) is -0.340. The van der Waals surface area contributed by atoms with Crippen molar-refractivity contribution in [2.45, 2.75) is 49.9 Å². The Morgan fingerprint density at radius 3 is 2.83 bits per heavy atom. The van der Waals surface area contributed by atoms with E-state index in [0.29, 0.717) is 19.6 Å². The second-order valence-electron chi connectivity index (χ2n) is 7.20. The molecular weight excluding hydrogens is 378 g/mol. The Kier molecular flexibility index (Phi) is 7.59. The number of nitrogens with two attached hydrogens (primary N) is 1. The number of hydrogen-bond donors (Lipinski definition) is 6. The summed E-state index contributed by atoms with van der Waals surface area (Å²) in [5.41, 5.74) is 7.23. The lowest BCUT2D eigenvalue weighted by atomic mass is 9.96. The SMILES string of the molecule is NCCCCO[C@@H]1[C@@H](O)[C@H](CO)OC(O)[C@@H]1NC(=O)Cc1c[nH]c2ccccc12. The lowest BCUT2D eigenvalue weighted by Gasteiger charge is -2.42. The van der Waals surface area contributed by atoms with Gasteiger partial charge in [0.05, 0.1) is 13.0 Å². The van der Waals surface area contributed by atoms with E-state index < -0.39 is 37.3 Å². The highest BCUT2D eigenvalue weighted by Gasteiger charge is 2.45. The fourth-order valence-electron chi connectivity index (χ4n) is 3.59. The van der Waals surface area contributed by atoms with Crippen molar-refractivity contribution in [1.29, 1.82) is 0 Å². The van der Waals surface area contributed by atoms with Crippen molar-refractivity contribution in [2.75, 3.05) is 19.8 Å². The van der Waals surface area contributed by atoms with Gasteiger partial charge in [0, 0.05) is 23.7 Å². The van der Waals surface area contributed by atoms with Crippen LogP contribution in [0.5, 0.6) is 0 Å². The Hall–Kier alpha value is -2.01. The van der Waals surface area contributed by atoms with E-state index in [0.717, 1.165) is 22.9 Å². The van der Waals surface area contributed by atoms with Crippen molar-refractivity contribution < 1.29 is 29.6 Å². The van der Waals surface area contributed by atoms with Crippen LogP contribution in [0.15, 0.2) is 30.5 Å². The fraction of sp³-hybridized carbons (Fsp3) is 0.550. The maximum absolute atomic E-state index is 12.7. The zero-order chi connectivity index (χ0) is 20.8. The van der Waals surface area contributed by atoms with Crippen LogP contribution in [0.25, 0.3) is 10.9 Å². The average molecular weight is 407 g/mol. The molecule has 9 nitrogen and oxygen atoms in total. The molecule has 2 aromatic rings. The minimum absolute atomic E-state index is 0.0899. The summed E-state index contributed by atoms with van der Waals surface area (Å²) in [6.45, 7) is 0.349. The molecule has 29 heavy (non-hydrogen) atoms. The number of H-pyrrole nitrogens is 1. The molecule has 0 spiro atoms. The van der Waals surface area contributed by atoms with Crippen LogP contribution in [0.3, 0.4) is 0 Å². The molecule has 0 radical (unpaired) electrons. The number of para-hydroxylation sites is 1. The molecule has 3 rings (SSSR count). The summed E-state index contributed by atoms with van der Waals surface area (Å²) in [7, 11) is 0. The van der Waals surface area contributed by atoms with Gasteiger partial charge in [0.2, 0.25) is 5.91 Å². The van der Waals surface area contributed by atoms with E-state index in [1.54, 1.807) is 6.20 Å². The van der Waals surface area contributed by atoms with E-state index in [9.17, 15) is 20.1 Å². The Bertz CT molecular complexity index is 797. The monoisotopic (exact) mass is 407 g/mol. The van der Waals surface area contributed by atoms with E-state index in [1.807, 2.05) is 24.3 Å². The van der Waals surface area contributed by atoms with Crippen LogP contribution in [-0.4, -0.2) is 76.6 Å². The summed E-state index contributed by atoms with van der Waals surface area (Å²) in [6.07, 6.45) is -1.23. The third-order valence-electron chi connectivity index (χ3n) is 5.14. The van der Waals surface area contributed by atoms with Crippen LogP contribution in [0.4, 0.5) is 0 Å². The maximum Gasteiger partial charge on any atom is 0.224 e. The summed E-state index contributed by atoms with van der Waals surface area (Å²) in [6, 6.07) is 6.68. The number of rotatable bonds is 9. The van der Waals surface area contributed by atoms with Crippen LogP contribution >= 0.6 is 0 Å². The smallest absolute Gasteiger partial charge is 0.224 e. The second-order valence-corrected chi connectivity index (χ2v) is 7.20. The van der Waals surface area contributed by atoms with E-state index >= 15 is 0 Å². The molecule has 1 aliphatic rings. The third-order valence-corrected chi connectivity index (χ3v) is 5.14. The summed E-state index contributed by atoms with van der Waals surface area (Å²) < 4.78 is 11.0. The Morgan fingerprint density at radius 1 is 1.28 bits per heavy atom. The number of aliphatic hydroxyl groups is 3. The standard InChI is InChI=1S/C20H29N3O6/c21-7-3-4-8-28-19-17(20(27)29-15(11-24)18(19)26)23-16(25)9-12-10-22-14-6-2-1-5-13(12)14/h1-2,5-6,10,15,17-20,22,24,26-27H,3-4,7-9,11,21H2,(H,23,25)/t15-,17+,18-,19-,20?/m0/s1. The zero-order valence-corrected chi connectivity index (χ0v) is 16.2. The predicted octanol–water partition coefficient (Wildman–Crippen LogP) is -0.610. The number of hydrogen-bond acceptors (Lipinski definition) is 7. The van der Waals surface area contributed by atoms with Crippen LogP contribution < -0.4 is 11.1 Å². The quantitative estimate of drug-likeness (QED) is 0.304. The molecular formula is C20H29N3O6. The molecule has 1 aliphatic heterocycles. The molecule has 0 aliphatic carbocycles. The number of ether oxygens (including phenoxy) is 2. The molecule has 5 atom stereocenters. The fourth-order valence-corrected chi connectivity index (χ4v) is 3.59. The first-order chi connectivity index (χ1) is 14.0. The number of aliphatic hydroxyl groups excluding tert-OH is 3. The van der Waals surface area contributed by atoms with Crippen LogP contribution in [0.1, 0.15) is 18.4 Å². The van der Waals surface area contributed by atoms with E-state index in [-0.39, 0.29) is 12.3 Å². The maximum atomic E-state index is 12.7. The number of aromatic amines is 1. The first-order valence-electron chi connectivity index (χ1n) is 9.83. The zero-order valence-electron chi connectivity index (χ0n) is 16.2. The van der Waals surface area contributed by atoms with Gasteiger partial charge in [0.25, 0.3) is 0 Å². The van der Waals surface area contributed by atoms with E-state index in [2.05, 4.69) is 10.3 Å². The largest absolute Gasteiger partial charge is 0.394 e. The van der Waals surface area contributed by atoms with Crippen molar-refractivity contribution in [2.24, 2.45) is 5.73 Å². The first kappa shape index (κ1) is 21.7. The minimum Gasteiger partial charge on any atom is -0.394 e. The van der Waals surface area contributed by atoms with Gasteiger partial charge in [-0.15, -0.1) is 0 Å². The van der Waals surface area contributed by atoms with Crippen LogP contribution in [0.2, 0.25) is 0 Å².